The molecule has 5 heteroatoms. The van der Waals surface area contributed by atoms with Crippen molar-refractivity contribution in [3.8, 4) is 0 Å². The largest absolute Gasteiger partial charge is 0.312 e. The second-order valence-electron chi connectivity index (χ2n) is 4.99. The maximum absolute atomic E-state index is 5.91. The molecule has 0 bridgehead atoms. The first-order valence-corrected chi connectivity index (χ1v) is 7.59. The van der Waals surface area contributed by atoms with E-state index in [0.29, 0.717) is 5.88 Å². The van der Waals surface area contributed by atoms with Gasteiger partial charge in [-0.25, -0.2) is 9.97 Å². The lowest BCUT2D eigenvalue weighted by atomic mass is 10.2. The number of rotatable bonds is 5. The van der Waals surface area contributed by atoms with E-state index in [0.717, 1.165) is 47.6 Å². The van der Waals surface area contributed by atoms with Crippen molar-refractivity contribution in [1.29, 1.82) is 0 Å². The molecule has 21 heavy (non-hydrogen) atoms. The fraction of sp³-hybridized carbons (Fsp3) is 0.312. The Hall–Kier alpha value is -1.94. The summed E-state index contributed by atoms with van der Waals surface area (Å²) in [5, 5.41) is 0. The predicted molar refractivity (Wildman–Crippen MR) is 84.6 cm³/mol. The van der Waals surface area contributed by atoms with E-state index < -0.39 is 0 Å². The Morgan fingerprint density at radius 1 is 1.10 bits per heavy atom. The normalized spacial score (nSPS) is 11.1. The van der Waals surface area contributed by atoms with Crippen molar-refractivity contribution in [2.75, 3.05) is 5.88 Å². The molecule has 0 aromatic carbocycles. The second-order valence-corrected chi connectivity index (χ2v) is 5.37. The molecule has 3 aromatic rings. The summed E-state index contributed by atoms with van der Waals surface area (Å²) in [5.41, 5.74) is 4.13. The minimum atomic E-state index is 0.561. The third kappa shape index (κ3) is 2.90. The summed E-state index contributed by atoms with van der Waals surface area (Å²) in [6.07, 6.45) is 5.27. The molecular weight excluding hydrogens is 284 g/mol. The van der Waals surface area contributed by atoms with Crippen molar-refractivity contribution < 1.29 is 0 Å². The maximum Gasteiger partial charge on any atom is 0.160 e. The van der Waals surface area contributed by atoms with E-state index in [4.69, 9.17) is 16.6 Å². The van der Waals surface area contributed by atoms with E-state index in [1.807, 2.05) is 36.7 Å². The maximum atomic E-state index is 5.91. The summed E-state index contributed by atoms with van der Waals surface area (Å²) < 4.78 is 2.17. The van der Waals surface area contributed by atoms with Gasteiger partial charge in [-0.1, -0.05) is 6.07 Å². The number of nitrogens with zero attached hydrogens (tertiary/aromatic N) is 4. The summed E-state index contributed by atoms with van der Waals surface area (Å²) >= 11 is 5.91. The molecule has 0 amide bonds. The van der Waals surface area contributed by atoms with Crippen LogP contribution in [0.5, 0.6) is 0 Å². The van der Waals surface area contributed by atoms with E-state index >= 15 is 0 Å². The van der Waals surface area contributed by atoms with Crippen LogP contribution in [0.25, 0.3) is 11.2 Å². The molecule has 108 valence electrons. The molecule has 0 radical (unpaired) electrons. The number of alkyl halides is 1. The highest BCUT2D eigenvalue weighted by Crippen LogP contribution is 2.18. The molecule has 0 aliphatic carbocycles. The molecule has 3 heterocycles. The van der Waals surface area contributed by atoms with Gasteiger partial charge in [-0.3, -0.25) is 4.98 Å². The summed E-state index contributed by atoms with van der Waals surface area (Å²) in [6, 6.07) is 7.97. The monoisotopic (exact) mass is 300 g/mol. The van der Waals surface area contributed by atoms with Crippen molar-refractivity contribution >= 4 is 22.8 Å². The Morgan fingerprint density at radius 3 is 2.76 bits per heavy atom. The summed E-state index contributed by atoms with van der Waals surface area (Å²) in [4.78, 5) is 13.6. The molecule has 0 aliphatic heterocycles. The number of fused-ring (bicyclic) bond motifs is 1. The number of hydrogen-bond donors (Lipinski definition) is 0. The van der Waals surface area contributed by atoms with E-state index in [1.54, 1.807) is 0 Å². The Kier molecular flexibility index (Phi) is 4.15. The zero-order valence-electron chi connectivity index (χ0n) is 12.0. The molecule has 4 nitrogen and oxygen atoms in total. The van der Waals surface area contributed by atoms with E-state index in [2.05, 4.69) is 21.5 Å². The molecule has 3 rings (SSSR count). The van der Waals surface area contributed by atoms with Crippen LogP contribution in [0.3, 0.4) is 0 Å². The van der Waals surface area contributed by atoms with Gasteiger partial charge in [0.15, 0.2) is 5.65 Å². The summed E-state index contributed by atoms with van der Waals surface area (Å²) in [6.45, 7) is 2.88. The van der Waals surface area contributed by atoms with Gasteiger partial charge in [-0.15, -0.1) is 11.6 Å². The number of halogens is 1. The zero-order valence-corrected chi connectivity index (χ0v) is 12.7. The Morgan fingerprint density at radius 2 is 2.00 bits per heavy atom. The number of aryl methyl sites for hydroxylation is 4. The van der Waals surface area contributed by atoms with Crippen LogP contribution in [0.4, 0.5) is 0 Å². The average Bonchev–Trinajstić information content (AvgIpc) is 2.86. The fourth-order valence-corrected chi connectivity index (χ4v) is 2.64. The van der Waals surface area contributed by atoms with Crippen molar-refractivity contribution in [2.24, 2.45) is 0 Å². The van der Waals surface area contributed by atoms with Gasteiger partial charge >= 0.3 is 0 Å². The number of hydrogen-bond acceptors (Lipinski definition) is 3. The van der Waals surface area contributed by atoms with Gasteiger partial charge in [0.25, 0.3) is 0 Å². The molecule has 3 aromatic heterocycles. The van der Waals surface area contributed by atoms with Crippen LogP contribution in [0.15, 0.2) is 36.7 Å². The Balaban J connectivity index is 1.95. The molecule has 0 unspecified atom stereocenters. The summed E-state index contributed by atoms with van der Waals surface area (Å²) in [5.74, 6) is 1.56. The zero-order chi connectivity index (χ0) is 14.7. The van der Waals surface area contributed by atoms with Crippen molar-refractivity contribution in [3.05, 3.63) is 53.7 Å². The smallest absolute Gasteiger partial charge is 0.160 e. The van der Waals surface area contributed by atoms with Gasteiger partial charge in [0.1, 0.15) is 11.3 Å². The van der Waals surface area contributed by atoms with Gasteiger partial charge < -0.3 is 4.57 Å². The average molecular weight is 301 g/mol. The Bertz CT molecular complexity index is 737. The second kappa shape index (κ2) is 6.22. The van der Waals surface area contributed by atoms with Crippen LogP contribution in [-0.2, 0) is 19.4 Å². The van der Waals surface area contributed by atoms with E-state index in [1.165, 1.54) is 0 Å². The highest BCUT2D eigenvalue weighted by molar-refractivity contribution is 6.17. The van der Waals surface area contributed by atoms with E-state index in [9.17, 15) is 0 Å². The predicted octanol–water partition coefficient (Wildman–Crippen LogP) is 3.16. The molecular formula is C16H17ClN4. The van der Waals surface area contributed by atoms with Crippen LogP contribution in [-0.4, -0.2) is 25.4 Å². The molecule has 0 saturated carbocycles. The first-order chi connectivity index (χ1) is 10.3. The molecule has 0 aliphatic rings. The molecule has 0 spiro atoms. The highest BCUT2D eigenvalue weighted by Gasteiger charge is 2.13. The van der Waals surface area contributed by atoms with Crippen LogP contribution in [0, 0.1) is 6.92 Å². The fourth-order valence-electron chi connectivity index (χ4n) is 2.47. The number of aromatic nitrogens is 4. The molecule has 0 fully saturated rings. The van der Waals surface area contributed by atoms with Gasteiger partial charge in [0.05, 0.1) is 0 Å². The SMILES string of the molecule is Cc1ccnc2c1nc(CCCl)n2CCc1ccccn1. The summed E-state index contributed by atoms with van der Waals surface area (Å²) in [7, 11) is 0. The van der Waals surface area contributed by atoms with Crippen LogP contribution >= 0.6 is 11.6 Å². The molecule has 0 N–H and O–H groups in total. The topological polar surface area (TPSA) is 43.6 Å². The highest BCUT2D eigenvalue weighted by atomic mass is 35.5. The van der Waals surface area contributed by atoms with Crippen LogP contribution in [0.1, 0.15) is 17.1 Å². The van der Waals surface area contributed by atoms with Gasteiger partial charge in [0, 0.05) is 43.4 Å². The van der Waals surface area contributed by atoms with Gasteiger partial charge in [-0.2, -0.15) is 0 Å². The van der Waals surface area contributed by atoms with Crippen LogP contribution in [0.2, 0.25) is 0 Å². The van der Waals surface area contributed by atoms with Gasteiger partial charge in [-0.05, 0) is 30.7 Å². The van der Waals surface area contributed by atoms with Crippen LogP contribution < -0.4 is 0 Å². The molecule has 0 atom stereocenters. The minimum Gasteiger partial charge on any atom is -0.312 e. The third-order valence-corrected chi connectivity index (χ3v) is 3.74. The Labute approximate surface area is 128 Å². The lowest BCUT2D eigenvalue weighted by Crippen LogP contribution is -2.08. The van der Waals surface area contributed by atoms with E-state index in [-0.39, 0.29) is 0 Å². The number of pyridine rings is 2. The number of imidazole rings is 1. The first-order valence-electron chi connectivity index (χ1n) is 7.06. The minimum absolute atomic E-state index is 0.561. The van der Waals surface area contributed by atoms with Crippen molar-refractivity contribution in [1.82, 2.24) is 19.5 Å². The lowest BCUT2D eigenvalue weighted by Gasteiger charge is -2.07. The molecule has 0 saturated heterocycles. The van der Waals surface area contributed by atoms with Crippen molar-refractivity contribution in [2.45, 2.75) is 26.3 Å². The standard InChI is InChI=1S/C16H17ClN4/c1-12-6-10-19-16-15(12)20-14(5-8-17)21(16)11-7-13-4-2-3-9-18-13/h2-4,6,9-10H,5,7-8,11H2,1H3. The quantitative estimate of drug-likeness (QED) is 0.680. The lowest BCUT2D eigenvalue weighted by molar-refractivity contribution is 0.661. The van der Waals surface area contributed by atoms with Gasteiger partial charge in [0.2, 0.25) is 0 Å². The van der Waals surface area contributed by atoms with Crippen molar-refractivity contribution in [3.63, 3.8) is 0 Å². The third-order valence-electron chi connectivity index (χ3n) is 3.55. The first kappa shape index (κ1) is 14.0.